The summed E-state index contributed by atoms with van der Waals surface area (Å²) in [5.74, 6) is 0.378. The van der Waals surface area contributed by atoms with Gasteiger partial charge >= 0.3 is 0 Å². The van der Waals surface area contributed by atoms with Crippen LogP contribution < -0.4 is 4.72 Å². The zero-order valence-electron chi connectivity index (χ0n) is 14.2. The monoisotopic (exact) mass is 372 g/mol. The third-order valence-corrected chi connectivity index (χ3v) is 5.65. The Labute approximate surface area is 152 Å². The van der Waals surface area contributed by atoms with E-state index >= 15 is 0 Å². The molecule has 26 heavy (non-hydrogen) atoms. The molecular formula is C19H20N2O4S. The lowest BCUT2D eigenvalue weighted by Crippen LogP contribution is -2.34. The van der Waals surface area contributed by atoms with Crippen LogP contribution in [0.3, 0.4) is 0 Å². The predicted octanol–water partition coefficient (Wildman–Crippen LogP) is 3.13. The summed E-state index contributed by atoms with van der Waals surface area (Å²) >= 11 is 0. The second-order valence-electron chi connectivity index (χ2n) is 6.06. The minimum atomic E-state index is -3.79. The first kappa shape index (κ1) is 18.3. The number of aliphatic hydroxyl groups excluding tert-OH is 1. The van der Waals surface area contributed by atoms with E-state index < -0.39 is 22.2 Å². The molecule has 6 nitrogen and oxygen atoms in total. The largest absolute Gasteiger partial charge is 0.388 e. The number of hydrogen-bond acceptors (Lipinski definition) is 5. The first-order valence-corrected chi connectivity index (χ1v) is 9.71. The number of nitrogens with zero attached hydrogens (tertiary/aromatic N) is 1. The highest BCUT2D eigenvalue weighted by Crippen LogP contribution is 2.27. The van der Waals surface area contributed by atoms with Gasteiger partial charge in [-0.3, -0.25) is 0 Å². The van der Waals surface area contributed by atoms with E-state index in [1.54, 1.807) is 31.2 Å². The van der Waals surface area contributed by atoms with Gasteiger partial charge in [0.1, 0.15) is 0 Å². The highest BCUT2D eigenvalue weighted by atomic mass is 32.2. The SMILES string of the molecule is CC(CC(O)c1ccccc1)NS(=O)(=O)c1ccccc1-c1ccno1. The molecule has 0 spiro atoms. The Morgan fingerprint density at radius 1 is 1.08 bits per heavy atom. The van der Waals surface area contributed by atoms with E-state index in [0.717, 1.165) is 5.56 Å². The lowest BCUT2D eigenvalue weighted by molar-refractivity contribution is 0.158. The van der Waals surface area contributed by atoms with Crippen molar-refractivity contribution < 1.29 is 18.0 Å². The molecule has 0 aliphatic rings. The van der Waals surface area contributed by atoms with E-state index in [4.69, 9.17) is 4.52 Å². The van der Waals surface area contributed by atoms with Crippen LogP contribution in [0.5, 0.6) is 0 Å². The number of rotatable bonds is 7. The van der Waals surface area contributed by atoms with Gasteiger partial charge < -0.3 is 9.63 Å². The summed E-state index contributed by atoms with van der Waals surface area (Å²) in [5, 5.41) is 13.9. The summed E-state index contributed by atoms with van der Waals surface area (Å²) in [6.07, 6.45) is 0.969. The van der Waals surface area contributed by atoms with Crippen LogP contribution in [-0.4, -0.2) is 24.7 Å². The Morgan fingerprint density at radius 3 is 2.46 bits per heavy atom. The van der Waals surface area contributed by atoms with Crippen molar-refractivity contribution in [2.75, 3.05) is 0 Å². The van der Waals surface area contributed by atoms with Crippen LogP contribution in [-0.2, 0) is 10.0 Å². The predicted molar refractivity (Wildman–Crippen MR) is 97.7 cm³/mol. The summed E-state index contributed by atoms with van der Waals surface area (Å²) in [4.78, 5) is 0.109. The lowest BCUT2D eigenvalue weighted by Gasteiger charge is -2.19. The molecule has 0 aliphatic carbocycles. The Bertz CT molecular complexity index is 941. The van der Waals surface area contributed by atoms with Crippen LogP contribution in [0.1, 0.15) is 25.0 Å². The third-order valence-electron chi connectivity index (χ3n) is 4.00. The zero-order valence-corrected chi connectivity index (χ0v) is 15.1. The minimum Gasteiger partial charge on any atom is -0.388 e. The van der Waals surface area contributed by atoms with Crippen molar-refractivity contribution >= 4 is 10.0 Å². The van der Waals surface area contributed by atoms with Gasteiger partial charge in [0, 0.05) is 17.7 Å². The van der Waals surface area contributed by atoms with Gasteiger partial charge in [-0.1, -0.05) is 47.6 Å². The number of aliphatic hydroxyl groups is 1. The smallest absolute Gasteiger partial charge is 0.241 e. The van der Waals surface area contributed by atoms with E-state index in [-0.39, 0.29) is 11.3 Å². The molecule has 3 rings (SSSR count). The Morgan fingerprint density at radius 2 is 1.77 bits per heavy atom. The van der Waals surface area contributed by atoms with Crippen LogP contribution in [0.2, 0.25) is 0 Å². The van der Waals surface area contributed by atoms with Gasteiger partial charge in [0.2, 0.25) is 10.0 Å². The third kappa shape index (κ3) is 4.19. The molecule has 0 saturated heterocycles. The summed E-state index contributed by atoms with van der Waals surface area (Å²) in [7, 11) is -3.79. The van der Waals surface area contributed by atoms with E-state index in [0.29, 0.717) is 11.3 Å². The first-order valence-electron chi connectivity index (χ1n) is 8.23. The Balaban J connectivity index is 1.77. The molecule has 0 radical (unpaired) electrons. The minimum absolute atomic E-state index is 0.109. The van der Waals surface area contributed by atoms with E-state index in [1.807, 2.05) is 30.3 Å². The fraction of sp³-hybridized carbons (Fsp3) is 0.211. The molecule has 1 aromatic heterocycles. The van der Waals surface area contributed by atoms with Crippen LogP contribution in [0.15, 0.2) is 76.3 Å². The molecule has 2 unspecified atom stereocenters. The standard InChI is InChI=1S/C19H20N2O4S/c1-14(13-17(22)15-7-3-2-4-8-15)21-26(23,24)19-10-6-5-9-16(19)18-11-12-20-25-18/h2-12,14,17,21-22H,13H2,1H3. The van der Waals surface area contributed by atoms with Crippen molar-refractivity contribution in [3.63, 3.8) is 0 Å². The quantitative estimate of drug-likeness (QED) is 0.665. The summed E-state index contributed by atoms with van der Waals surface area (Å²) in [5.41, 5.74) is 1.19. The van der Waals surface area contributed by atoms with E-state index in [9.17, 15) is 13.5 Å². The molecule has 0 amide bonds. The second kappa shape index (κ2) is 7.82. The second-order valence-corrected chi connectivity index (χ2v) is 7.74. The zero-order chi connectivity index (χ0) is 18.6. The summed E-state index contributed by atoms with van der Waals surface area (Å²) in [6.45, 7) is 1.72. The van der Waals surface area contributed by atoms with Gasteiger partial charge in [0.15, 0.2) is 5.76 Å². The number of nitrogens with one attached hydrogen (secondary N) is 1. The Hall–Kier alpha value is -2.48. The average molecular weight is 372 g/mol. The average Bonchev–Trinajstić information content (AvgIpc) is 3.16. The highest BCUT2D eigenvalue weighted by Gasteiger charge is 2.24. The molecular weight excluding hydrogens is 352 g/mol. The molecule has 2 N–H and O–H groups in total. The maximum Gasteiger partial charge on any atom is 0.241 e. The van der Waals surface area contributed by atoms with Crippen LogP contribution in [0.25, 0.3) is 11.3 Å². The molecule has 136 valence electrons. The molecule has 3 aromatic rings. The number of benzene rings is 2. The molecule has 0 saturated carbocycles. The molecule has 0 fully saturated rings. The number of hydrogen-bond donors (Lipinski definition) is 2. The van der Waals surface area contributed by atoms with Gasteiger partial charge in [-0.25, -0.2) is 13.1 Å². The van der Waals surface area contributed by atoms with E-state index in [1.165, 1.54) is 12.3 Å². The van der Waals surface area contributed by atoms with Crippen molar-refractivity contribution in [1.29, 1.82) is 0 Å². The van der Waals surface area contributed by atoms with E-state index in [2.05, 4.69) is 9.88 Å². The van der Waals surface area contributed by atoms with Crippen molar-refractivity contribution in [2.45, 2.75) is 30.4 Å². The van der Waals surface area contributed by atoms with Gasteiger partial charge in [-0.15, -0.1) is 0 Å². The summed E-state index contributed by atoms with van der Waals surface area (Å²) < 4.78 is 33.4. The fourth-order valence-corrected chi connectivity index (χ4v) is 4.25. The summed E-state index contributed by atoms with van der Waals surface area (Å²) in [6, 6.07) is 16.9. The number of aromatic nitrogens is 1. The van der Waals surface area contributed by atoms with Crippen molar-refractivity contribution in [1.82, 2.24) is 9.88 Å². The molecule has 0 aliphatic heterocycles. The molecule has 7 heteroatoms. The molecule has 1 heterocycles. The highest BCUT2D eigenvalue weighted by molar-refractivity contribution is 7.89. The van der Waals surface area contributed by atoms with Crippen molar-refractivity contribution in [3.8, 4) is 11.3 Å². The molecule has 2 aromatic carbocycles. The van der Waals surface area contributed by atoms with Gasteiger partial charge in [0.25, 0.3) is 0 Å². The maximum atomic E-state index is 12.8. The molecule has 0 bridgehead atoms. The normalized spacial score (nSPS) is 14.1. The lowest BCUT2D eigenvalue weighted by atomic mass is 10.0. The van der Waals surface area contributed by atoms with Crippen molar-refractivity contribution in [2.24, 2.45) is 0 Å². The van der Waals surface area contributed by atoms with Gasteiger partial charge in [0.05, 0.1) is 17.2 Å². The maximum absolute atomic E-state index is 12.8. The number of sulfonamides is 1. The van der Waals surface area contributed by atoms with Crippen LogP contribution in [0, 0.1) is 0 Å². The van der Waals surface area contributed by atoms with Gasteiger partial charge in [-0.2, -0.15) is 0 Å². The first-order chi connectivity index (χ1) is 12.5. The van der Waals surface area contributed by atoms with Gasteiger partial charge in [-0.05, 0) is 31.0 Å². The topological polar surface area (TPSA) is 92.4 Å². The van der Waals surface area contributed by atoms with Crippen LogP contribution in [0.4, 0.5) is 0 Å². The Kier molecular flexibility index (Phi) is 5.51. The molecule has 2 atom stereocenters. The van der Waals surface area contributed by atoms with Crippen molar-refractivity contribution in [3.05, 3.63) is 72.4 Å². The fourth-order valence-electron chi connectivity index (χ4n) is 2.78. The van der Waals surface area contributed by atoms with Crippen LogP contribution >= 0.6 is 0 Å².